The lowest BCUT2D eigenvalue weighted by Crippen LogP contribution is -2.39. The Kier molecular flexibility index (Phi) is 6.87. The van der Waals surface area contributed by atoms with Crippen molar-refractivity contribution in [2.75, 3.05) is 13.1 Å². The van der Waals surface area contributed by atoms with Gasteiger partial charge in [-0.2, -0.15) is 11.3 Å². The summed E-state index contributed by atoms with van der Waals surface area (Å²) < 4.78 is 0. The average Bonchev–Trinajstić information content (AvgIpc) is 3.21. The molecule has 3 aromatic rings. The van der Waals surface area contributed by atoms with Crippen LogP contribution in [0.25, 0.3) is 0 Å². The third-order valence-corrected chi connectivity index (χ3v) is 4.79. The van der Waals surface area contributed by atoms with E-state index in [4.69, 9.17) is 0 Å². The van der Waals surface area contributed by atoms with Crippen molar-refractivity contribution in [2.45, 2.75) is 18.9 Å². The molecule has 0 radical (unpaired) electrons. The second-order valence-electron chi connectivity index (χ2n) is 5.95. The Labute approximate surface area is 157 Å². The third-order valence-electron chi connectivity index (χ3n) is 4.09. The first-order valence-corrected chi connectivity index (χ1v) is 9.58. The molecule has 1 unspecified atom stereocenters. The minimum atomic E-state index is -0.336. The van der Waals surface area contributed by atoms with Gasteiger partial charge < -0.3 is 10.6 Å². The zero-order valence-electron chi connectivity index (χ0n) is 14.5. The van der Waals surface area contributed by atoms with E-state index in [9.17, 15) is 4.79 Å². The van der Waals surface area contributed by atoms with Crippen LogP contribution in [0.2, 0.25) is 0 Å². The molecule has 3 aromatic heterocycles. The van der Waals surface area contributed by atoms with Gasteiger partial charge in [0.2, 0.25) is 5.91 Å². The molecule has 0 aliphatic rings. The highest BCUT2D eigenvalue weighted by molar-refractivity contribution is 7.08. The van der Waals surface area contributed by atoms with Gasteiger partial charge in [0.15, 0.2) is 0 Å². The summed E-state index contributed by atoms with van der Waals surface area (Å²) in [6.07, 6.45) is 8.78. The molecule has 5 nitrogen and oxygen atoms in total. The van der Waals surface area contributed by atoms with Crippen molar-refractivity contribution in [1.82, 2.24) is 20.6 Å². The number of hydrogen-bond donors (Lipinski definition) is 2. The van der Waals surface area contributed by atoms with Crippen molar-refractivity contribution < 1.29 is 4.79 Å². The van der Waals surface area contributed by atoms with E-state index < -0.39 is 0 Å². The standard InChI is InChI=1S/C20H22N4OS/c25-20(24-12-6-17-2-1-8-22-14-17)19(18-7-13-26-15-18)23-11-5-16-3-9-21-10-4-16/h1-4,7-10,13-15,19,23H,5-6,11-12H2,(H,24,25). The molecule has 2 N–H and O–H groups in total. The fourth-order valence-corrected chi connectivity index (χ4v) is 3.38. The van der Waals surface area contributed by atoms with Gasteiger partial charge in [-0.3, -0.25) is 14.8 Å². The van der Waals surface area contributed by atoms with E-state index in [1.807, 2.05) is 47.3 Å². The number of hydrogen-bond acceptors (Lipinski definition) is 5. The summed E-state index contributed by atoms with van der Waals surface area (Å²) in [6.45, 7) is 1.32. The maximum absolute atomic E-state index is 12.7. The van der Waals surface area contributed by atoms with Gasteiger partial charge in [0.1, 0.15) is 6.04 Å². The average molecular weight is 366 g/mol. The molecule has 0 aromatic carbocycles. The smallest absolute Gasteiger partial charge is 0.241 e. The van der Waals surface area contributed by atoms with Crippen LogP contribution in [0.5, 0.6) is 0 Å². The molecule has 26 heavy (non-hydrogen) atoms. The molecule has 3 heterocycles. The number of aromatic nitrogens is 2. The highest BCUT2D eigenvalue weighted by Crippen LogP contribution is 2.17. The molecule has 1 amide bonds. The highest BCUT2D eigenvalue weighted by Gasteiger charge is 2.19. The fourth-order valence-electron chi connectivity index (χ4n) is 2.69. The number of carbonyl (C=O) groups is 1. The van der Waals surface area contributed by atoms with Gasteiger partial charge in [-0.15, -0.1) is 0 Å². The maximum Gasteiger partial charge on any atom is 0.241 e. The van der Waals surface area contributed by atoms with Crippen LogP contribution in [0.1, 0.15) is 22.7 Å². The van der Waals surface area contributed by atoms with Gasteiger partial charge >= 0.3 is 0 Å². The van der Waals surface area contributed by atoms with Crippen LogP contribution in [0.4, 0.5) is 0 Å². The van der Waals surface area contributed by atoms with Gasteiger partial charge in [0.05, 0.1) is 0 Å². The number of amides is 1. The topological polar surface area (TPSA) is 66.9 Å². The Morgan fingerprint density at radius 3 is 2.58 bits per heavy atom. The van der Waals surface area contributed by atoms with Crippen LogP contribution in [0, 0.1) is 0 Å². The van der Waals surface area contributed by atoms with Gasteiger partial charge in [0.25, 0.3) is 0 Å². The summed E-state index contributed by atoms with van der Waals surface area (Å²) in [5.41, 5.74) is 3.32. The van der Waals surface area contributed by atoms with Crippen LogP contribution in [0.15, 0.2) is 65.9 Å². The Morgan fingerprint density at radius 2 is 1.85 bits per heavy atom. The van der Waals surface area contributed by atoms with Crippen molar-refractivity contribution in [3.8, 4) is 0 Å². The molecule has 134 valence electrons. The first kappa shape index (κ1) is 18.2. The van der Waals surface area contributed by atoms with E-state index >= 15 is 0 Å². The van der Waals surface area contributed by atoms with E-state index in [2.05, 4.69) is 20.6 Å². The van der Waals surface area contributed by atoms with Gasteiger partial charge in [-0.05, 0) is 64.6 Å². The number of rotatable bonds is 9. The summed E-state index contributed by atoms with van der Waals surface area (Å²) in [4.78, 5) is 20.8. The van der Waals surface area contributed by atoms with E-state index in [1.54, 1.807) is 29.9 Å². The van der Waals surface area contributed by atoms with E-state index in [0.29, 0.717) is 6.54 Å². The molecule has 3 rings (SSSR count). The number of nitrogens with zero attached hydrogens (tertiary/aromatic N) is 2. The van der Waals surface area contributed by atoms with E-state index in [0.717, 1.165) is 30.5 Å². The molecule has 0 bridgehead atoms. The molecule has 0 saturated carbocycles. The monoisotopic (exact) mass is 366 g/mol. The lowest BCUT2D eigenvalue weighted by atomic mass is 10.1. The number of thiophene rings is 1. The number of nitrogens with one attached hydrogen (secondary N) is 2. The fraction of sp³-hybridized carbons (Fsp3) is 0.250. The maximum atomic E-state index is 12.7. The third kappa shape index (κ3) is 5.47. The molecule has 1 atom stereocenters. The molecule has 0 fully saturated rings. The van der Waals surface area contributed by atoms with E-state index in [1.165, 1.54) is 5.56 Å². The van der Waals surface area contributed by atoms with Crippen LogP contribution in [-0.2, 0) is 17.6 Å². The van der Waals surface area contributed by atoms with Crippen molar-refractivity contribution >= 4 is 17.2 Å². The first-order valence-electron chi connectivity index (χ1n) is 8.64. The summed E-state index contributed by atoms with van der Waals surface area (Å²) in [5, 5.41) is 10.4. The molecular formula is C20H22N4OS. The lowest BCUT2D eigenvalue weighted by molar-refractivity contribution is -0.123. The van der Waals surface area contributed by atoms with Gasteiger partial charge in [-0.25, -0.2) is 0 Å². The van der Waals surface area contributed by atoms with Crippen LogP contribution < -0.4 is 10.6 Å². The predicted octanol–water partition coefficient (Wildman–Crippen LogP) is 2.77. The molecule has 0 saturated heterocycles. The Hall–Kier alpha value is -2.57. The Balaban J connectivity index is 1.52. The highest BCUT2D eigenvalue weighted by atomic mass is 32.1. The molecule has 0 aliphatic heterocycles. The zero-order chi connectivity index (χ0) is 18.0. The Bertz CT molecular complexity index is 778. The predicted molar refractivity (Wildman–Crippen MR) is 104 cm³/mol. The Morgan fingerprint density at radius 1 is 1.00 bits per heavy atom. The van der Waals surface area contributed by atoms with Crippen LogP contribution in [-0.4, -0.2) is 29.0 Å². The summed E-state index contributed by atoms with van der Waals surface area (Å²) >= 11 is 1.60. The largest absolute Gasteiger partial charge is 0.354 e. The molecular weight excluding hydrogens is 344 g/mol. The lowest BCUT2D eigenvalue weighted by Gasteiger charge is -2.18. The normalized spacial score (nSPS) is 11.8. The van der Waals surface area contributed by atoms with Gasteiger partial charge in [0, 0.05) is 37.9 Å². The van der Waals surface area contributed by atoms with Gasteiger partial charge in [-0.1, -0.05) is 6.07 Å². The van der Waals surface area contributed by atoms with Crippen molar-refractivity contribution in [1.29, 1.82) is 0 Å². The summed E-state index contributed by atoms with van der Waals surface area (Å²) in [6, 6.07) is 9.57. The second-order valence-corrected chi connectivity index (χ2v) is 6.73. The molecule has 0 spiro atoms. The number of carbonyl (C=O) groups excluding carboxylic acids is 1. The minimum Gasteiger partial charge on any atom is -0.354 e. The van der Waals surface area contributed by atoms with Crippen LogP contribution >= 0.6 is 11.3 Å². The molecule has 6 heteroatoms. The summed E-state index contributed by atoms with van der Waals surface area (Å²) in [7, 11) is 0. The van der Waals surface area contributed by atoms with Crippen molar-refractivity contribution in [2.24, 2.45) is 0 Å². The quantitative estimate of drug-likeness (QED) is 0.611. The van der Waals surface area contributed by atoms with E-state index in [-0.39, 0.29) is 11.9 Å². The SMILES string of the molecule is O=C(NCCc1cccnc1)C(NCCc1ccncc1)c1ccsc1. The summed E-state index contributed by atoms with van der Waals surface area (Å²) in [5.74, 6) is 0.00187. The second kappa shape index (κ2) is 9.79. The van der Waals surface area contributed by atoms with Crippen molar-refractivity contribution in [3.05, 3.63) is 82.6 Å². The van der Waals surface area contributed by atoms with Crippen molar-refractivity contribution in [3.63, 3.8) is 0 Å². The van der Waals surface area contributed by atoms with Crippen LogP contribution in [0.3, 0.4) is 0 Å². The number of pyridine rings is 2. The first-order chi connectivity index (χ1) is 12.8. The minimum absolute atomic E-state index is 0.00187. The zero-order valence-corrected chi connectivity index (χ0v) is 15.3. The molecule has 0 aliphatic carbocycles.